The van der Waals surface area contributed by atoms with Crippen molar-refractivity contribution in [2.75, 3.05) is 19.6 Å². The summed E-state index contributed by atoms with van der Waals surface area (Å²) in [7, 11) is 0. The van der Waals surface area contributed by atoms with Gasteiger partial charge >= 0.3 is 0 Å². The Balaban J connectivity index is 1.92. The number of piperidine rings is 1. The highest BCUT2D eigenvalue weighted by Crippen LogP contribution is 2.38. The van der Waals surface area contributed by atoms with Crippen molar-refractivity contribution in [1.82, 2.24) is 4.90 Å². The van der Waals surface area contributed by atoms with Gasteiger partial charge in [-0.3, -0.25) is 0 Å². The first-order valence-corrected chi connectivity index (χ1v) is 8.47. The number of aliphatic hydroxyl groups is 1. The fraction of sp³-hybridized carbons (Fsp3) is 0.684. The van der Waals surface area contributed by atoms with Crippen LogP contribution in [0.3, 0.4) is 0 Å². The molecule has 0 radical (unpaired) electrons. The van der Waals surface area contributed by atoms with Gasteiger partial charge in [0.15, 0.2) is 0 Å². The maximum absolute atomic E-state index is 10.5. The molecule has 2 rings (SSSR count). The molecular weight excluding hydrogens is 258 g/mol. The van der Waals surface area contributed by atoms with Crippen LogP contribution in [-0.4, -0.2) is 29.6 Å². The second-order valence-electron chi connectivity index (χ2n) is 6.87. The number of aliphatic hydroxyl groups excluding tert-OH is 1. The Labute approximate surface area is 130 Å². The summed E-state index contributed by atoms with van der Waals surface area (Å²) < 4.78 is 0. The molecule has 0 bridgehead atoms. The van der Waals surface area contributed by atoms with E-state index in [1.165, 1.54) is 36.8 Å². The number of hydrogen-bond donors (Lipinski definition) is 1. The minimum atomic E-state index is -0.361. The van der Waals surface area contributed by atoms with Gasteiger partial charge in [-0.25, -0.2) is 0 Å². The van der Waals surface area contributed by atoms with Crippen LogP contribution in [0.5, 0.6) is 0 Å². The Morgan fingerprint density at radius 3 is 2.24 bits per heavy atom. The fourth-order valence-electron chi connectivity index (χ4n) is 3.49. The fourth-order valence-corrected chi connectivity index (χ4v) is 3.49. The molecule has 1 aliphatic rings. The van der Waals surface area contributed by atoms with Crippen LogP contribution < -0.4 is 0 Å². The summed E-state index contributed by atoms with van der Waals surface area (Å²) in [6, 6.07) is 6.31. The first-order chi connectivity index (χ1) is 9.99. The maximum atomic E-state index is 10.5. The number of aryl methyl sites for hydroxylation is 2. The summed E-state index contributed by atoms with van der Waals surface area (Å²) >= 11 is 0. The van der Waals surface area contributed by atoms with E-state index < -0.39 is 0 Å². The first kappa shape index (κ1) is 16.5. The van der Waals surface area contributed by atoms with Crippen LogP contribution in [0.15, 0.2) is 18.2 Å². The van der Waals surface area contributed by atoms with E-state index >= 15 is 0 Å². The third kappa shape index (κ3) is 3.87. The van der Waals surface area contributed by atoms with Crippen LogP contribution in [-0.2, 0) is 0 Å². The molecule has 1 heterocycles. The number of likely N-dealkylation sites (tertiary alicyclic amines) is 1. The number of nitrogens with zero attached hydrogens (tertiary/aromatic N) is 1. The van der Waals surface area contributed by atoms with E-state index in [1.54, 1.807) is 0 Å². The van der Waals surface area contributed by atoms with Crippen LogP contribution in [0.2, 0.25) is 0 Å². The van der Waals surface area contributed by atoms with Gasteiger partial charge in [0.25, 0.3) is 0 Å². The van der Waals surface area contributed by atoms with Crippen molar-refractivity contribution in [2.45, 2.75) is 59.5 Å². The van der Waals surface area contributed by atoms with Gasteiger partial charge in [-0.05, 0) is 61.9 Å². The number of benzene rings is 1. The van der Waals surface area contributed by atoms with Gasteiger partial charge in [-0.1, -0.05) is 44.9 Å². The molecule has 0 aliphatic carbocycles. The molecule has 1 unspecified atom stereocenters. The van der Waals surface area contributed by atoms with Crippen LogP contribution >= 0.6 is 0 Å². The summed E-state index contributed by atoms with van der Waals surface area (Å²) in [5, 5.41) is 10.5. The quantitative estimate of drug-likeness (QED) is 0.876. The summed E-state index contributed by atoms with van der Waals surface area (Å²) in [5.74, 6) is 0. The highest BCUT2D eigenvalue weighted by molar-refractivity contribution is 5.31. The smallest absolute Gasteiger partial charge is 0.0917 e. The maximum Gasteiger partial charge on any atom is 0.0917 e. The molecule has 0 aromatic heterocycles. The summed E-state index contributed by atoms with van der Waals surface area (Å²) in [6.45, 7) is 11.9. The molecule has 0 amide bonds. The molecular formula is C19H31NO. The SMILES string of the molecule is CCC1(CC)CCN(CC(O)c2ccc(C)c(C)c2)CC1. The van der Waals surface area contributed by atoms with Gasteiger partial charge in [0.05, 0.1) is 6.10 Å². The standard InChI is InChI=1S/C19H31NO/c1-5-19(6-2)9-11-20(12-10-19)14-18(21)17-8-7-15(3)16(4)13-17/h7-8,13,18,21H,5-6,9-12,14H2,1-4H3. The van der Waals surface area contributed by atoms with Gasteiger partial charge in [-0.15, -0.1) is 0 Å². The summed E-state index contributed by atoms with van der Waals surface area (Å²) in [6.07, 6.45) is 4.77. The van der Waals surface area contributed by atoms with Crippen molar-refractivity contribution in [2.24, 2.45) is 5.41 Å². The van der Waals surface area contributed by atoms with Crippen molar-refractivity contribution in [3.63, 3.8) is 0 Å². The third-order valence-corrected chi connectivity index (χ3v) is 5.76. The van der Waals surface area contributed by atoms with Crippen molar-refractivity contribution in [3.8, 4) is 0 Å². The average molecular weight is 289 g/mol. The van der Waals surface area contributed by atoms with Crippen LogP contribution in [0.1, 0.15) is 62.3 Å². The van der Waals surface area contributed by atoms with Crippen LogP contribution in [0.25, 0.3) is 0 Å². The van der Waals surface area contributed by atoms with E-state index in [9.17, 15) is 5.11 Å². The second kappa shape index (κ2) is 6.93. The average Bonchev–Trinajstić information content (AvgIpc) is 2.51. The normalized spacial score (nSPS) is 20.4. The number of hydrogen-bond acceptors (Lipinski definition) is 2. The van der Waals surface area contributed by atoms with Crippen LogP contribution in [0, 0.1) is 19.3 Å². The Kier molecular flexibility index (Phi) is 5.45. The lowest BCUT2D eigenvalue weighted by molar-refractivity contribution is 0.0532. The highest BCUT2D eigenvalue weighted by atomic mass is 16.3. The highest BCUT2D eigenvalue weighted by Gasteiger charge is 2.31. The van der Waals surface area contributed by atoms with E-state index in [-0.39, 0.29) is 6.10 Å². The van der Waals surface area contributed by atoms with E-state index in [0.29, 0.717) is 5.41 Å². The second-order valence-corrected chi connectivity index (χ2v) is 6.87. The van der Waals surface area contributed by atoms with Crippen LogP contribution in [0.4, 0.5) is 0 Å². The molecule has 0 spiro atoms. The molecule has 2 nitrogen and oxygen atoms in total. The lowest BCUT2D eigenvalue weighted by atomic mass is 9.74. The monoisotopic (exact) mass is 289 g/mol. The van der Waals surface area contributed by atoms with E-state index in [2.05, 4.69) is 50.8 Å². The van der Waals surface area contributed by atoms with Gasteiger partial charge in [0.1, 0.15) is 0 Å². The van der Waals surface area contributed by atoms with Gasteiger partial charge in [0, 0.05) is 6.54 Å². The predicted molar refractivity (Wildman–Crippen MR) is 89.6 cm³/mol. The van der Waals surface area contributed by atoms with Crippen molar-refractivity contribution >= 4 is 0 Å². The predicted octanol–water partition coefficient (Wildman–Crippen LogP) is 4.24. The van der Waals surface area contributed by atoms with Gasteiger partial charge in [0.2, 0.25) is 0 Å². The molecule has 1 aromatic rings. The molecule has 1 N–H and O–H groups in total. The Morgan fingerprint density at radius 1 is 1.10 bits per heavy atom. The van der Waals surface area contributed by atoms with E-state index in [4.69, 9.17) is 0 Å². The molecule has 1 aromatic carbocycles. The molecule has 1 saturated heterocycles. The molecule has 118 valence electrons. The van der Waals surface area contributed by atoms with Crippen molar-refractivity contribution in [3.05, 3.63) is 34.9 Å². The molecule has 1 fully saturated rings. The zero-order valence-electron chi connectivity index (χ0n) is 14.2. The lowest BCUT2D eigenvalue weighted by Crippen LogP contribution is -2.41. The van der Waals surface area contributed by atoms with E-state index in [0.717, 1.165) is 25.2 Å². The van der Waals surface area contributed by atoms with Gasteiger partial charge < -0.3 is 10.0 Å². The molecule has 0 saturated carbocycles. The minimum Gasteiger partial charge on any atom is -0.387 e. The zero-order valence-corrected chi connectivity index (χ0v) is 14.2. The number of rotatable bonds is 5. The largest absolute Gasteiger partial charge is 0.387 e. The summed E-state index contributed by atoms with van der Waals surface area (Å²) in [5.41, 5.74) is 4.17. The minimum absolute atomic E-state index is 0.361. The zero-order chi connectivity index (χ0) is 15.5. The first-order valence-electron chi connectivity index (χ1n) is 8.47. The third-order valence-electron chi connectivity index (χ3n) is 5.76. The van der Waals surface area contributed by atoms with Crippen molar-refractivity contribution < 1.29 is 5.11 Å². The summed E-state index contributed by atoms with van der Waals surface area (Å²) in [4.78, 5) is 2.43. The Hall–Kier alpha value is -0.860. The Morgan fingerprint density at radius 2 is 1.71 bits per heavy atom. The molecule has 1 aliphatic heterocycles. The molecule has 2 heteroatoms. The molecule has 1 atom stereocenters. The molecule has 21 heavy (non-hydrogen) atoms. The van der Waals surface area contributed by atoms with E-state index in [1.807, 2.05) is 0 Å². The topological polar surface area (TPSA) is 23.5 Å². The van der Waals surface area contributed by atoms with Crippen molar-refractivity contribution in [1.29, 1.82) is 0 Å². The van der Waals surface area contributed by atoms with Gasteiger partial charge in [-0.2, -0.15) is 0 Å². The Bertz CT molecular complexity index is 455. The number of β-amino-alcohol motifs (C(OH)–C–C–N with tert-alkyl or cyclic N) is 1. The lowest BCUT2D eigenvalue weighted by Gasteiger charge is -2.41.